The van der Waals surface area contributed by atoms with Gasteiger partial charge < -0.3 is 5.32 Å². The number of amides is 3. The molecule has 1 aromatic heterocycles. The molecule has 3 rings (SSSR count). The van der Waals surface area contributed by atoms with Crippen molar-refractivity contribution in [2.24, 2.45) is 10.9 Å². The van der Waals surface area contributed by atoms with Crippen LogP contribution >= 0.6 is 0 Å². The highest BCUT2D eigenvalue weighted by Crippen LogP contribution is 2.25. The molecule has 7 heteroatoms. The third kappa shape index (κ3) is 3.24. The number of nitrogens with one attached hydrogen (secondary N) is 1. The van der Waals surface area contributed by atoms with Gasteiger partial charge in [0, 0.05) is 18.4 Å². The van der Waals surface area contributed by atoms with Crippen LogP contribution in [0, 0.1) is 18.4 Å². The van der Waals surface area contributed by atoms with Crippen LogP contribution < -0.4 is 5.32 Å². The minimum atomic E-state index is -0.356. The number of aliphatic imine (C=N–C) groups is 1. The molecule has 0 bridgehead atoms. The summed E-state index contributed by atoms with van der Waals surface area (Å²) in [5.74, 6) is 0.295. The van der Waals surface area contributed by atoms with E-state index in [-0.39, 0.29) is 36.0 Å². The summed E-state index contributed by atoms with van der Waals surface area (Å²) < 4.78 is 0. The van der Waals surface area contributed by atoms with Crippen LogP contribution in [0.15, 0.2) is 41.2 Å². The lowest BCUT2D eigenvalue weighted by Gasteiger charge is -2.28. The summed E-state index contributed by atoms with van der Waals surface area (Å²) in [5, 5.41) is 2.80. The summed E-state index contributed by atoms with van der Waals surface area (Å²) in [6.45, 7) is 4.76. The Hall–Kier alpha value is -3.14. The number of terminal acetylenes is 1. The number of aromatic nitrogens is 1. The van der Waals surface area contributed by atoms with E-state index in [0.717, 1.165) is 10.6 Å². The van der Waals surface area contributed by atoms with Crippen LogP contribution in [0.3, 0.4) is 0 Å². The van der Waals surface area contributed by atoms with E-state index in [1.807, 2.05) is 32.0 Å². The molecule has 0 aromatic carbocycles. The number of pyridine rings is 1. The number of carbonyl (C=O) groups is 2. The maximum absolute atomic E-state index is 12.6. The SMILES string of the molecule is C#CN1C=C(C(=O)NCc2ccccn2)C2=N[C@@H](C(C)C)CN2C1=O. The van der Waals surface area contributed by atoms with Crippen LogP contribution in [0.1, 0.15) is 19.5 Å². The highest BCUT2D eigenvalue weighted by atomic mass is 16.2. The Kier molecular flexibility index (Phi) is 4.52. The van der Waals surface area contributed by atoms with Crippen LogP contribution in [0.5, 0.6) is 0 Å². The first kappa shape index (κ1) is 16.7. The highest BCUT2D eigenvalue weighted by molar-refractivity contribution is 6.26. The zero-order valence-corrected chi connectivity index (χ0v) is 14.1. The number of hydrogen-bond acceptors (Lipinski definition) is 4. The fourth-order valence-corrected chi connectivity index (χ4v) is 2.68. The third-order valence-electron chi connectivity index (χ3n) is 4.16. The van der Waals surface area contributed by atoms with Gasteiger partial charge in [0.15, 0.2) is 0 Å². The first-order valence-corrected chi connectivity index (χ1v) is 8.06. The molecule has 128 valence electrons. The summed E-state index contributed by atoms with van der Waals surface area (Å²) in [7, 11) is 0. The van der Waals surface area contributed by atoms with Crippen molar-refractivity contribution in [3.05, 3.63) is 41.9 Å². The van der Waals surface area contributed by atoms with E-state index in [1.165, 1.54) is 11.1 Å². The van der Waals surface area contributed by atoms with Crippen molar-refractivity contribution in [2.45, 2.75) is 26.4 Å². The van der Waals surface area contributed by atoms with Gasteiger partial charge in [0.1, 0.15) is 5.84 Å². The highest BCUT2D eigenvalue weighted by Gasteiger charge is 2.40. The van der Waals surface area contributed by atoms with Crippen LogP contribution in [-0.4, -0.2) is 45.1 Å². The maximum atomic E-state index is 12.6. The first-order valence-electron chi connectivity index (χ1n) is 8.06. The van der Waals surface area contributed by atoms with Gasteiger partial charge >= 0.3 is 6.03 Å². The summed E-state index contributed by atoms with van der Waals surface area (Å²) >= 11 is 0. The number of amidine groups is 1. The van der Waals surface area contributed by atoms with Crippen molar-refractivity contribution in [3.8, 4) is 12.5 Å². The van der Waals surface area contributed by atoms with Crippen molar-refractivity contribution in [1.29, 1.82) is 0 Å². The molecule has 0 fully saturated rings. The van der Waals surface area contributed by atoms with E-state index in [4.69, 9.17) is 6.42 Å². The smallest absolute Gasteiger partial charge is 0.341 e. The van der Waals surface area contributed by atoms with E-state index in [0.29, 0.717) is 12.4 Å². The quantitative estimate of drug-likeness (QED) is 0.843. The molecule has 1 aromatic rings. The zero-order chi connectivity index (χ0) is 18.0. The molecule has 1 atom stereocenters. The number of urea groups is 1. The summed E-state index contributed by atoms with van der Waals surface area (Å²) in [6, 6.07) is 7.36. The Labute approximate surface area is 146 Å². The zero-order valence-electron chi connectivity index (χ0n) is 14.1. The molecule has 0 unspecified atom stereocenters. The molecule has 0 radical (unpaired) electrons. The van der Waals surface area contributed by atoms with Crippen LogP contribution in [0.25, 0.3) is 0 Å². The Morgan fingerprint density at radius 3 is 2.92 bits per heavy atom. The molecular formula is C18H19N5O2. The molecule has 0 saturated carbocycles. The maximum Gasteiger partial charge on any atom is 0.341 e. The van der Waals surface area contributed by atoms with Gasteiger partial charge in [-0.15, -0.1) is 0 Å². The number of carbonyl (C=O) groups excluding carboxylic acids is 2. The Balaban J connectivity index is 1.84. The molecule has 1 N–H and O–H groups in total. The molecule has 2 aliphatic heterocycles. The number of hydrogen-bond donors (Lipinski definition) is 1. The van der Waals surface area contributed by atoms with Gasteiger partial charge in [-0.3, -0.25) is 19.7 Å². The van der Waals surface area contributed by atoms with Gasteiger partial charge in [-0.1, -0.05) is 26.3 Å². The van der Waals surface area contributed by atoms with Crippen molar-refractivity contribution in [1.82, 2.24) is 20.1 Å². The monoisotopic (exact) mass is 337 g/mol. The summed E-state index contributed by atoms with van der Waals surface area (Å²) in [4.78, 5) is 36.3. The van der Waals surface area contributed by atoms with Crippen molar-refractivity contribution < 1.29 is 9.59 Å². The van der Waals surface area contributed by atoms with Gasteiger partial charge in [0.25, 0.3) is 5.91 Å². The molecule has 2 aliphatic rings. The van der Waals surface area contributed by atoms with Crippen LogP contribution in [0.2, 0.25) is 0 Å². The Bertz CT molecular complexity index is 791. The van der Waals surface area contributed by atoms with Gasteiger partial charge in [-0.2, -0.15) is 0 Å². The molecular weight excluding hydrogens is 318 g/mol. The predicted molar refractivity (Wildman–Crippen MR) is 93.0 cm³/mol. The number of nitrogens with zero attached hydrogens (tertiary/aromatic N) is 4. The summed E-state index contributed by atoms with van der Waals surface area (Å²) in [6.07, 6.45) is 8.43. The van der Waals surface area contributed by atoms with E-state index >= 15 is 0 Å². The minimum Gasteiger partial charge on any atom is -0.346 e. The van der Waals surface area contributed by atoms with Crippen molar-refractivity contribution in [2.75, 3.05) is 6.54 Å². The molecule has 25 heavy (non-hydrogen) atoms. The molecule has 0 aliphatic carbocycles. The molecule has 7 nitrogen and oxygen atoms in total. The molecule has 3 amide bonds. The van der Waals surface area contributed by atoms with E-state index < -0.39 is 0 Å². The van der Waals surface area contributed by atoms with Gasteiger partial charge in [-0.25, -0.2) is 9.69 Å². The van der Waals surface area contributed by atoms with Crippen molar-refractivity contribution >= 4 is 17.8 Å². The van der Waals surface area contributed by atoms with Crippen LogP contribution in [0.4, 0.5) is 4.79 Å². The minimum absolute atomic E-state index is 0.0522. The molecule has 3 heterocycles. The Morgan fingerprint density at radius 1 is 1.48 bits per heavy atom. The van der Waals surface area contributed by atoms with Gasteiger partial charge in [-0.05, 0) is 18.1 Å². The second-order valence-corrected chi connectivity index (χ2v) is 6.20. The lowest BCUT2D eigenvalue weighted by Crippen LogP contribution is -2.48. The lowest BCUT2D eigenvalue weighted by atomic mass is 10.1. The molecule has 0 saturated heterocycles. The fourth-order valence-electron chi connectivity index (χ4n) is 2.68. The normalized spacial score (nSPS) is 19.3. The van der Waals surface area contributed by atoms with Gasteiger partial charge in [0.2, 0.25) is 0 Å². The lowest BCUT2D eigenvalue weighted by molar-refractivity contribution is -0.117. The average Bonchev–Trinajstić information content (AvgIpc) is 3.07. The van der Waals surface area contributed by atoms with E-state index in [2.05, 4.69) is 21.3 Å². The fraction of sp³-hybridized carbons (Fsp3) is 0.333. The van der Waals surface area contributed by atoms with Gasteiger partial charge in [0.05, 0.1) is 30.4 Å². The molecule has 0 spiro atoms. The van der Waals surface area contributed by atoms with Crippen LogP contribution in [-0.2, 0) is 11.3 Å². The van der Waals surface area contributed by atoms with E-state index in [1.54, 1.807) is 6.20 Å². The predicted octanol–water partition coefficient (Wildman–Crippen LogP) is 1.35. The van der Waals surface area contributed by atoms with Crippen molar-refractivity contribution in [3.63, 3.8) is 0 Å². The summed E-state index contributed by atoms with van der Waals surface area (Å²) in [5.41, 5.74) is 1.03. The third-order valence-corrected chi connectivity index (χ3v) is 4.16. The first-order chi connectivity index (χ1) is 12.0. The van der Waals surface area contributed by atoms with E-state index in [9.17, 15) is 9.59 Å². The standard InChI is InChI=1S/C18H19N5O2/c1-4-22-10-14(17(24)20-9-13-7-5-6-8-19-13)16-21-15(12(2)3)11-23(16)18(22)25/h1,5-8,10,12,15H,9,11H2,2-3H3,(H,20,24)/t15-/m1/s1. The number of fused-ring (bicyclic) bond motifs is 1. The average molecular weight is 337 g/mol. The largest absolute Gasteiger partial charge is 0.346 e. The second kappa shape index (κ2) is 6.77. The number of rotatable bonds is 4. The Morgan fingerprint density at radius 2 is 2.28 bits per heavy atom. The topological polar surface area (TPSA) is 77.9 Å². The second-order valence-electron chi connectivity index (χ2n) is 6.20.